The Bertz CT molecular complexity index is 3370. The smallest absolute Gasteiger partial charge is 0 e. The molecule has 7 heteroatoms. The molecule has 0 aliphatic carbocycles. The topological polar surface area (TPSA) is 33.5 Å². The van der Waals surface area contributed by atoms with Crippen LogP contribution in [0.1, 0.15) is 58.2 Å². The van der Waals surface area contributed by atoms with E-state index in [1.807, 2.05) is 6.07 Å². The second-order valence-corrected chi connectivity index (χ2v) is 21.6. The molecule has 11 rings (SSSR count). The van der Waals surface area contributed by atoms with Gasteiger partial charge in [0.2, 0.25) is 0 Å². The minimum atomic E-state index is -0.454. The minimum absolute atomic E-state index is 0. The van der Waals surface area contributed by atoms with E-state index in [1.54, 1.807) is 0 Å². The van der Waals surface area contributed by atoms with E-state index in [2.05, 4.69) is 237 Å². The molecule has 0 atom stereocenters. The van der Waals surface area contributed by atoms with Gasteiger partial charge in [-0.25, -0.2) is 0 Å². The molecule has 0 bridgehead atoms. The molecule has 3 aromatic heterocycles. The van der Waals surface area contributed by atoms with Gasteiger partial charge in [-0.2, -0.15) is 0 Å². The maximum atomic E-state index is 6.90. The Balaban J connectivity index is 0.00000511. The number of fused-ring (bicyclic) bond motifs is 5. The summed E-state index contributed by atoms with van der Waals surface area (Å²) in [5, 5.41) is 3.55. The molecule has 0 N–H and O–H groups in total. The first-order chi connectivity index (χ1) is 31.4. The molecule has 0 radical (unpaired) electrons. The summed E-state index contributed by atoms with van der Waals surface area (Å²) >= 11 is -0.454. The average molecular weight is 1150 g/mol. The van der Waals surface area contributed by atoms with Crippen LogP contribution >= 0.6 is 0 Å². The Morgan fingerprint density at radius 2 is 1.18 bits per heavy atom. The molecule has 0 amide bonds. The van der Waals surface area contributed by atoms with E-state index >= 15 is 0 Å². The van der Waals surface area contributed by atoms with Crippen LogP contribution in [0.2, 0.25) is 0 Å². The normalized spacial score (nSPS) is 12.8. The van der Waals surface area contributed by atoms with E-state index in [1.165, 1.54) is 42.3 Å². The first kappa shape index (κ1) is 44.0. The Hall–Kier alpha value is -5.89. The number of anilines is 4. The predicted octanol–water partition coefficient (Wildman–Crippen LogP) is 15.4. The summed E-state index contributed by atoms with van der Waals surface area (Å²) in [6.45, 7) is 18.1. The van der Waals surface area contributed by atoms with Gasteiger partial charge in [0.15, 0.2) is 0 Å². The van der Waals surface area contributed by atoms with Crippen LogP contribution in [0.15, 0.2) is 162 Å². The number of hydrogen-bond donors (Lipinski definition) is 0. The number of pyridine rings is 1. The van der Waals surface area contributed by atoms with Crippen molar-refractivity contribution in [2.45, 2.75) is 59.3 Å². The van der Waals surface area contributed by atoms with Crippen molar-refractivity contribution < 1.29 is 25.8 Å². The van der Waals surface area contributed by atoms with Crippen LogP contribution in [0.3, 0.4) is 0 Å². The zero-order valence-electron chi connectivity index (χ0n) is 38.1. The van der Waals surface area contributed by atoms with Crippen molar-refractivity contribution in [3.63, 3.8) is 0 Å². The van der Waals surface area contributed by atoms with Gasteiger partial charge in [-0.15, -0.1) is 6.67 Å². The van der Waals surface area contributed by atoms with Gasteiger partial charge in [0, 0.05) is 49.3 Å². The molecule has 0 spiro atoms. The molecule has 0 saturated heterocycles. The third kappa shape index (κ3) is 7.88. The zero-order valence-corrected chi connectivity index (χ0v) is 42.7. The molecule has 5 nitrogen and oxygen atoms in total. The number of aromatic nitrogens is 2. The maximum absolute atomic E-state index is 6.90. The molecule has 1 aliphatic heterocycles. The van der Waals surface area contributed by atoms with Crippen LogP contribution in [0, 0.1) is 25.7 Å². The largest absolute Gasteiger partial charge is 0 e. The van der Waals surface area contributed by atoms with E-state index in [0.29, 0.717) is 11.5 Å². The number of benzene rings is 7. The van der Waals surface area contributed by atoms with Crippen LogP contribution in [-0.2, 0) is 31.9 Å². The van der Waals surface area contributed by atoms with Crippen LogP contribution < -0.4 is 14.5 Å². The average Bonchev–Trinajstić information content (AvgIpc) is 4.03. The molecule has 66 heavy (non-hydrogen) atoms. The summed E-state index contributed by atoms with van der Waals surface area (Å²) in [6.07, 6.45) is 0. The molecule has 7 aromatic carbocycles. The molecule has 330 valence electrons. The van der Waals surface area contributed by atoms with Crippen molar-refractivity contribution in [1.82, 2.24) is 9.55 Å². The fourth-order valence-electron chi connectivity index (χ4n) is 9.13. The van der Waals surface area contributed by atoms with Gasteiger partial charge in [-0.3, -0.25) is 0 Å². The number of nitrogens with zero attached hydrogens (tertiary/aromatic N) is 4. The van der Waals surface area contributed by atoms with E-state index in [9.17, 15) is 0 Å². The molecule has 10 aromatic rings. The second kappa shape index (κ2) is 17.1. The van der Waals surface area contributed by atoms with E-state index in [4.69, 9.17) is 9.72 Å². The SMILES string of the molecule is Cc1cc(-n2c3[c-]c(Oc4[c-]c(N5[CH-]N(c6c(-c7ccccc7)cc(C(C)(C)C)cc6-c6ccccc6)c6ccccc65)cc(C(C)(C)C)c4)ccc3c3ccccc32)nc2[te]ccc12.[Pt]. The van der Waals surface area contributed by atoms with Gasteiger partial charge in [0.05, 0.1) is 0 Å². The van der Waals surface area contributed by atoms with E-state index < -0.39 is 20.4 Å². The van der Waals surface area contributed by atoms with Gasteiger partial charge in [0.25, 0.3) is 0 Å². The Kier molecular flexibility index (Phi) is 11.4. The summed E-state index contributed by atoms with van der Waals surface area (Å²) in [6, 6.07) is 64.1. The monoisotopic (exact) mass is 1150 g/mol. The number of ether oxygens (including phenoxy) is 1. The number of hydrogen-bond acceptors (Lipinski definition) is 4. The predicted molar refractivity (Wildman–Crippen MR) is 272 cm³/mol. The third-order valence-corrected chi connectivity index (χ3v) is 14.9. The molecular formula is C59H49N4OPtTe-3. The second-order valence-electron chi connectivity index (χ2n) is 19.1. The van der Waals surface area contributed by atoms with Crippen LogP contribution in [0.5, 0.6) is 11.5 Å². The maximum Gasteiger partial charge on any atom is 0 e. The fraction of sp³-hybridized carbons (Fsp3) is 0.153. The van der Waals surface area contributed by atoms with Gasteiger partial charge in [-0.1, -0.05) is 114 Å². The van der Waals surface area contributed by atoms with Gasteiger partial charge < -0.3 is 4.90 Å². The van der Waals surface area contributed by atoms with Crippen molar-refractivity contribution >= 4 is 73.9 Å². The third-order valence-electron chi connectivity index (χ3n) is 12.6. The summed E-state index contributed by atoms with van der Waals surface area (Å²) in [4.78, 5) is 9.89. The molecule has 0 unspecified atom stereocenters. The fourth-order valence-corrected chi connectivity index (χ4v) is 11.5. The molecule has 0 saturated carbocycles. The standard InChI is InChI=1S/C59H49N4OTe.Pt/c1-38-30-55(60-57-46(38)28-29-65-57)63-51-23-15-14-22-47(51)48-27-26-44(36-54(48)63)64-45-32-41(58(2,3)4)31-43(35-45)61-37-62(53-25-17-16-24-52(53)61)56-49(39-18-10-8-11-19-39)33-42(59(5,6)7)34-50(56)40-20-12-9-13-21-40;/h8-34,37H,1-7H3;/q-3;. The van der Waals surface area contributed by atoms with Crippen molar-refractivity contribution in [3.8, 4) is 39.6 Å². The van der Waals surface area contributed by atoms with Gasteiger partial charge in [-0.05, 0) is 46.4 Å². The number of para-hydroxylation sites is 3. The van der Waals surface area contributed by atoms with Crippen molar-refractivity contribution in [1.29, 1.82) is 0 Å². The number of rotatable bonds is 7. The van der Waals surface area contributed by atoms with Crippen LogP contribution in [0.4, 0.5) is 22.7 Å². The molecule has 0 fully saturated rings. The van der Waals surface area contributed by atoms with Crippen LogP contribution in [-0.4, -0.2) is 30.0 Å². The Morgan fingerprint density at radius 1 is 0.576 bits per heavy atom. The molecular weight excluding hydrogens is 1100 g/mol. The Labute approximate surface area is 412 Å². The molecule has 4 heterocycles. The number of aryl methyl sites for hydroxylation is 1. The van der Waals surface area contributed by atoms with Crippen molar-refractivity contribution in [3.05, 3.63) is 197 Å². The summed E-state index contributed by atoms with van der Waals surface area (Å²) < 4.78 is 12.7. The van der Waals surface area contributed by atoms with E-state index in [0.717, 1.165) is 55.9 Å². The van der Waals surface area contributed by atoms with Gasteiger partial charge >= 0.3 is 194 Å². The summed E-state index contributed by atoms with van der Waals surface area (Å²) in [7, 11) is 0. The zero-order chi connectivity index (χ0) is 44.6. The summed E-state index contributed by atoms with van der Waals surface area (Å²) in [5.74, 6) is 2.17. The van der Waals surface area contributed by atoms with Gasteiger partial charge in [0.1, 0.15) is 0 Å². The van der Waals surface area contributed by atoms with Crippen molar-refractivity contribution in [2.24, 2.45) is 0 Å². The quantitative estimate of drug-likeness (QED) is 0.118. The van der Waals surface area contributed by atoms with Crippen LogP contribution in [0.25, 0.3) is 58.8 Å². The minimum Gasteiger partial charge on any atom is 0 e. The van der Waals surface area contributed by atoms with E-state index in [-0.39, 0.29) is 31.9 Å². The van der Waals surface area contributed by atoms with Crippen molar-refractivity contribution in [2.75, 3.05) is 9.80 Å². The summed E-state index contributed by atoms with van der Waals surface area (Å²) in [5.41, 5.74) is 14.3. The first-order valence-corrected chi connectivity index (χ1v) is 24.8. The Morgan fingerprint density at radius 3 is 1.85 bits per heavy atom. The molecule has 1 aliphatic rings. The first-order valence-electron chi connectivity index (χ1n) is 22.3.